The van der Waals surface area contributed by atoms with Gasteiger partial charge in [0, 0.05) is 20.0 Å². The maximum absolute atomic E-state index is 14.3. The van der Waals surface area contributed by atoms with Crippen molar-refractivity contribution in [3.8, 4) is 0 Å². The van der Waals surface area contributed by atoms with Crippen LogP contribution in [0.25, 0.3) is 0 Å². The number of methoxy groups -OCH3 is 2. The summed E-state index contributed by atoms with van der Waals surface area (Å²) >= 11 is 0. The first kappa shape index (κ1) is 26.6. The van der Waals surface area contributed by atoms with Crippen molar-refractivity contribution in [2.75, 3.05) is 20.8 Å². The van der Waals surface area contributed by atoms with E-state index in [9.17, 15) is 18.8 Å². The molecule has 3 unspecified atom stereocenters. The van der Waals surface area contributed by atoms with E-state index in [2.05, 4.69) is 5.32 Å². The van der Waals surface area contributed by atoms with E-state index < -0.39 is 53.8 Å². The summed E-state index contributed by atoms with van der Waals surface area (Å²) in [5.74, 6) is -1.81. The van der Waals surface area contributed by atoms with Gasteiger partial charge < -0.3 is 19.5 Å². The van der Waals surface area contributed by atoms with Crippen LogP contribution >= 0.6 is 0 Å². The number of carbonyl (C=O) groups excluding carboxylic acids is 3. The van der Waals surface area contributed by atoms with Crippen LogP contribution in [-0.4, -0.2) is 73.6 Å². The molecule has 1 saturated heterocycles. The van der Waals surface area contributed by atoms with Gasteiger partial charge in [-0.05, 0) is 26.3 Å². The first-order chi connectivity index (χ1) is 15.5. The van der Waals surface area contributed by atoms with Gasteiger partial charge in [-0.3, -0.25) is 9.69 Å². The van der Waals surface area contributed by atoms with Crippen molar-refractivity contribution in [1.82, 2.24) is 10.2 Å². The molecule has 0 spiro atoms. The second-order valence-corrected chi connectivity index (χ2v) is 9.30. The Hall–Kier alpha value is -2.68. The summed E-state index contributed by atoms with van der Waals surface area (Å²) in [6.07, 6.45) is -2.42. The van der Waals surface area contributed by atoms with Crippen LogP contribution in [0.15, 0.2) is 30.3 Å². The average Bonchev–Trinajstić information content (AvgIpc) is 3.14. The number of ether oxygens (including phenoxy) is 3. The molecule has 184 valence electrons. The van der Waals surface area contributed by atoms with Crippen LogP contribution in [0, 0.1) is 5.92 Å². The Morgan fingerprint density at radius 1 is 1.18 bits per heavy atom. The van der Waals surface area contributed by atoms with Crippen molar-refractivity contribution in [3.63, 3.8) is 0 Å². The van der Waals surface area contributed by atoms with Crippen LogP contribution in [0.2, 0.25) is 0 Å². The van der Waals surface area contributed by atoms with E-state index in [1.807, 2.05) is 30.3 Å². The molecule has 1 aromatic carbocycles. The maximum Gasteiger partial charge on any atom is 0.410 e. The number of carbonyl (C=O) groups is 3. The van der Waals surface area contributed by atoms with Gasteiger partial charge in [-0.15, -0.1) is 0 Å². The fourth-order valence-electron chi connectivity index (χ4n) is 3.99. The second kappa shape index (κ2) is 11.4. The third kappa shape index (κ3) is 7.42. The van der Waals surface area contributed by atoms with Crippen LogP contribution in [0.4, 0.5) is 9.18 Å². The number of esters is 1. The lowest BCUT2D eigenvalue weighted by molar-refractivity contribution is -0.146. The lowest BCUT2D eigenvalue weighted by atomic mass is 9.94. The first-order valence-electron chi connectivity index (χ1n) is 11.1. The Labute approximate surface area is 194 Å². The highest BCUT2D eigenvalue weighted by molar-refractivity contribution is 5.86. The Bertz CT molecular complexity index is 813. The van der Waals surface area contributed by atoms with Crippen LogP contribution in [0.1, 0.15) is 39.7 Å². The highest BCUT2D eigenvalue weighted by Gasteiger charge is 2.45. The smallest absolute Gasteiger partial charge is 0.410 e. The van der Waals surface area contributed by atoms with Gasteiger partial charge >= 0.3 is 12.1 Å². The summed E-state index contributed by atoms with van der Waals surface area (Å²) in [4.78, 5) is 39.3. The van der Waals surface area contributed by atoms with Crippen molar-refractivity contribution in [2.24, 2.45) is 5.92 Å². The molecule has 9 heteroatoms. The van der Waals surface area contributed by atoms with Crippen molar-refractivity contribution < 1.29 is 33.0 Å². The number of alkyl halides is 1. The van der Waals surface area contributed by atoms with E-state index in [0.29, 0.717) is 0 Å². The fourth-order valence-corrected chi connectivity index (χ4v) is 3.99. The molecule has 0 saturated carbocycles. The van der Waals surface area contributed by atoms with E-state index >= 15 is 0 Å². The number of nitrogens with zero attached hydrogens (tertiary/aromatic N) is 1. The molecule has 1 fully saturated rings. The van der Waals surface area contributed by atoms with Gasteiger partial charge in [0.25, 0.3) is 0 Å². The molecule has 2 rings (SSSR count). The van der Waals surface area contributed by atoms with Gasteiger partial charge in [0.1, 0.15) is 17.8 Å². The minimum atomic E-state index is -1.25. The number of hydrogen-bond donors (Lipinski definition) is 1. The zero-order valence-corrected chi connectivity index (χ0v) is 20.2. The van der Waals surface area contributed by atoms with Gasteiger partial charge in [0.05, 0.1) is 31.7 Å². The minimum Gasteiger partial charge on any atom is -0.467 e. The van der Waals surface area contributed by atoms with Gasteiger partial charge in [-0.2, -0.15) is 0 Å². The van der Waals surface area contributed by atoms with Gasteiger partial charge in [0.2, 0.25) is 5.91 Å². The molecule has 1 aliphatic heterocycles. The quantitative estimate of drug-likeness (QED) is 0.592. The number of amides is 2. The second-order valence-electron chi connectivity index (χ2n) is 9.30. The number of likely N-dealkylation sites (tertiary alicyclic amines) is 1. The number of rotatable bonds is 8. The lowest BCUT2D eigenvalue weighted by Gasteiger charge is -2.34. The maximum atomic E-state index is 14.3. The van der Waals surface area contributed by atoms with Gasteiger partial charge in [-0.1, -0.05) is 37.3 Å². The molecule has 0 aromatic heterocycles. The van der Waals surface area contributed by atoms with E-state index in [-0.39, 0.29) is 19.4 Å². The first-order valence-corrected chi connectivity index (χ1v) is 11.1. The van der Waals surface area contributed by atoms with Crippen molar-refractivity contribution in [3.05, 3.63) is 35.9 Å². The van der Waals surface area contributed by atoms with Crippen LogP contribution in [0.3, 0.4) is 0 Å². The molecule has 0 aliphatic carbocycles. The Kier molecular flexibility index (Phi) is 9.22. The Morgan fingerprint density at radius 3 is 2.36 bits per heavy atom. The molecular weight excluding hydrogens is 431 g/mol. The van der Waals surface area contributed by atoms with Gasteiger partial charge in [0.15, 0.2) is 0 Å². The molecular formula is C24H35FN2O6. The van der Waals surface area contributed by atoms with E-state index in [1.165, 1.54) is 19.1 Å². The predicted molar refractivity (Wildman–Crippen MR) is 120 cm³/mol. The zero-order chi connectivity index (χ0) is 24.8. The minimum absolute atomic E-state index is 0.0276. The summed E-state index contributed by atoms with van der Waals surface area (Å²) in [5, 5.41) is 2.73. The summed E-state index contributed by atoms with van der Waals surface area (Å²) in [6.45, 7) is 6.68. The molecule has 2 amide bonds. The van der Waals surface area contributed by atoms with Crippen molar-refractivity contribution >= 4 is 18.0 Å². The predicted octanol–water partition coefficient (Wildman–Crippen LogP) is 2.89. The molecule has 0 radical (unpaired) electrons. The van der Waals surface area contributed by atoms with Crippen LogP contribution < -0.4 is 5.32 Å². The summed E-state index contributed by atoms with van der Waals surface area (Å²) in [6, 6.07) is 7.65. The lowest BCUT2D eigenvalue weighted by Crippen LogP contribution is -2.53. The SMILES string of the molecule is COC(=O)C(Cc1ccccc1)NC(=O)C(C)C(OC)[C@@H]1C[C@H](F)CN1C(=O)OC(C)(C)C. The average molecular weight is 467 g/mol. The normalized spacial score (nSPS) is 21.1. The number of benzene rings is 1. The molecule has 1 aliphatic rings. The third-order valence-corrected chi connectivity index (χ3v) is 5.56. The highest BCUT2D eigenvalue weighted by Crippen LogP contribution is 2.29. The fraction of sp³-hybridized carbons (Fsp3) is 0.625. The zero-order valence-electron chi connectivity index (χ0n) is 20.2. The molecule has 5 atom stereocenters. The molecule has 1 N–H and O–H groups in total. The topological polar surface area (TPSA) is 94.2 Å². The van der Waals surface area contributed by atoms with Crippen molar-refractivity contribution in [2.45, 2.75) is 70.5 Å². The molecule has 1 aromatic rings. The number of hydrogen-bond acceptors (Lipinski definition) is 6. The summed E-state index contributed by atoms with van der Waals surface area (Å²) in [7, 11) is 2.67. The molecule has 8 nitrogen and oxygen atoms in total. The molecule has 0 bridgehead atoms. The van der Waals surface area contributed by atoms with Crippen LogP contribution in [0.5, 0.6) is 0 Å². The van der Waals surface area contributed by atoms with E-state index in [4.69, 9.17) is 14.2 Å². The van der Waals surface area contributed by atoms with Gasteiger partial charge in [-0.25, -0.2) is 14.0 Å². The number of halogens is 1. The molecule has 33 heavy (non-hydrogen) atoms. The Morgan fingerprint density at radius 2 is 1.82 bits per heavy atom. The molecule has 1 heterocycles. The summed E-state index contributed by atoms with van der Waals surface area (Å²) < 4.78 is 30.2. The monoisotopic (exact) mass is 466 g/mol. The largest absolute Gasteiger partial charge is 0.467 e. The number of nitrogens with one attached hydrogen (secondary N) is 1. The Balaban J connectivity index is 2.15. The third-order valence-electron chi connectivity index (χ3n) is 5.56. The van der Waals surface area contributed by atoms with E-state index in [1.54, 1.807) is 27.7 Å². The standard InChI is InChI=1S/C24H35FN2O6/c1-15(21(28)26-18(22(29)32-6)12-16-10-8-7-9-11-16)20(31-5)19-13-17(25)14-27(19)23(30)33-24(2,3)4/h7-11,15,17-20H,12-14H2,1-6H3,(H,26,28)/t15?,17-,18?,19-,20?/m0/s1. The summed E-state index contributed by atoms with van der Waals surface area (Å²) in [5.41, 5.74) is 0.114. The highest BCUT2D eigenvalue weighted by atomic mass is 19.1. The van der Waals surface area contributed by atoms with Crippen LogP contribution in [-0.2, 0) is 30.2 Å². The van der Waals surface area contributed by atoms with Crippen molar-refractivity contribution in [1.29, 1.82) is 0 Å². The van der Waals surface area contributed by atoms with E-state index in [0.717, 1.165) is 5.56 Å².